The van der Waals surface area contributed by atoms with Crippen LogP contribution in [0.1, 0.15) is 44.3 Å². The minimum Gasteiger partial charge on any atom is -0.476 e. The van der Waals surface area contributed by atoms with Gasteiger partial charge in [-0.3, -0.25) is 4.68 Å². The predicted octanol–water partition coefficient (Wildman–Crippen LogP) is 4.37. The smallest absolute Gasteiger partial charge is 0.237 e. The van der Waals surface area contributed by atoms with E-state index < -0.39 is 5.67 Å². The van der Waals surface area contributed by atoms with Crippen LogP contribution in [0.4, 0.5) is 16.0 Å². The summed E-state index contributed by atoms with van der Waals surface area (Å²) in [6.07, 6.45) is 6.02. The average Bonchev–Trinajstić information content (AvgIpc) is 2.92. The van der Waals surface area contributed by atoms with Gasteiger partial charge in [-0.2, -0.15) is 15.3 Å². The fourth-order valence-corrected chi connectivity index (χ4v) is 3.94. The van der Waals surface area contributed by atoms with Crippen molar-refractivity contribution < 1.29 is 9.13 Å². The van der Waals surface area contributed by atoms with Gasteiger partial charge in [-0.05, 0) is 45.4 Å². The first-order valence-corrected chi connectivity index (χ1v) is 9.77. The third-order valence-corrected chi connectivity index (χ3v) is 5.69. The number of nitriles is 1. The highest BCUT2D eigenvalue weighted by molar-refractivity contribution is 6.31. The van der Waals surface area contributed by atoms with Crippen LogP contribution in [0.25, 0.3) is 0 Å². The van der Waals surface area contributed by atoms with E-state index >= 15 is 0 Å². The van der Waals surface area contributed by atoms with Gasteiger partial charge in [0, 0.05) is 6.20 Å². The lowest BCUT2D eigenvalue weighted by Gasteiger charge is -2.38. The first kappa shape index (κ1) is 18.9. The Hall–Kier alpha value is -2.40. The van der Waals surface area contributed by atoms with E-state index in [-0.39, 0.29) is 23.8 Å². The highest BCUT2D eigenvalue weighted by Gasteiger charge is 2.40. The van der Waals surface area contributed by atoms with Crippen molar-refractivity contribution in [3.8, 4) is 11.9 Å². The topological polar surface area (TPSA) is 88.7 Å². The molecule has 0 unspecified atom stereocenters. The third kappa shape index (κ3) is 3.90. The fraction of sp³-hybridized carbons (Fsp3) is 0.579. The maximum Gasteiger partial charge on any atom is 0.237 e. The van der Waals surface area contributed by atoms with Gasteiger partial charge < -0.3 is 10.1 Å². The van der Waals surface area contributed by atoms with Crippen LogP contribution in [0, 0.1) is 30.1 Å². The highest BCUT2D eigenvalue weighted by Crippen LogP contribution is 2.41. The van der Waals surface area contributed by atoms with Crippen LogP contribution >= 0.6 is 11.6 Å². The lowest BCUT2D eigenvalue weighted by atomic mass is 9.74. The van der Waals surface area contributed by atoms with E-state index in [4.69, 9.17) is 21.6 Å². The molecule has 4 rings (SSSR count). The van der Waals surface area contributed by atoms with Gasteiger partial charge >= 0.3 is 0 Å². The number of aromatic nitrogens is 4. The lowest BCUT2D eigenvalue weighted by molar-refractivity contribution is 0.00165. The Balaban J connectivity index is 1.40. The Kier molecular flexibility index (Phi) is 4.88. The summed E-state index contributed by atoms with van der Waals surface area (Å²) in [4.78, 5) is 8.54. The molecular weight excluding hydrogens is 383 g/mol. The summed E-state index contributed by atoms with van der Waals surface area (Å²) < 4.78 is 21.2. The average molecular weight is 405 g/mol. The number of halogens is 2. The number of nitrogens with zero attached hydrogens (tertiary/aromatic N) is 5. The number of hydrogen-bond donors (Lipinski definition) is 1. The molecule has 2 fully saturated rings. The summed E-state index contributed by atoms with van der Waals surface area (Å²) in [6, 6.07) is 2.54. The lowest BCUT2D eigenvalue weighted by Crippen LogP contribution is -2.39. The van der Waals surface area contributed by atoms with Crippen LogP contribution in [0.15, 0.2) is 12.4 Å². The van der Waals surface area contributed by atoms with E-state index in [1.165, 1.54) is 6.20 Å². The molecule has 1 N–H and O–H groups in total. The minimum atomic E-state index is -1.08. The molecule has 0 aromatic carbocycles. The van der Waals surface area contributed by atoms with Gasteiger partial charge in [0.1, 0.15) is 10.7 Å². The molecule has 2 aromatic rings. The van der Waals surface area contributed by atoms with Crippen LogP contribution in [-0.2, 0) is 0 Å². The summed E-state index contributed by atoms with van der Waals surface area (Å²) >= 11 is 6.14. The molecule has 28 heavy (non-hydrogen) atoms. The van der Waals surface area contributed by atoms with Crippen molar-refractivity contribution in [2.45, 2.75) is 51.2 Å². The highest BCUT2D eigenvalue weighted by atomic mass is 35.5. The van der Waals surface area contributed by atoms with E-state index in [0.717, 1.165) is 24.2 Å². The molecule has 0 aliphatic heterocycles. The van der Waals surface area contributed by atoms with Crippen molar-refractivity contribution in [2.24, 2.45) is 11.8 Å². The Bertz CT molecular complexity index is 910. The van der Waals surface area contributed by atoms with Gasteiger partial charge in [0.25, 0.3) is 0 Å². The molecule has 2 saturated carbocycles. The Morgan fingerprint density at radius 2 is 2.21 bits per heavy atom. The third-order valence-electron chi connectivity index (χ3n) is 5.43. The number of ether oxygens (including phenoxy) is 1. The van der Waals surface area contributed by atoms with E-state index in [9.17, 15) is 4.39 Å². The number of hydrogen-bond acceptors (Lipinski definition) is 6. The van der Waals surface area contributed by atoms with E-state index in [1.54, 1.807) is 6.92 Å². The summed E-state index contributed by atoms with van der Waals surface area (Å²) in [5.74, 6) is 0.941. The molecule has 0 saturated heterocycles. The van der Waals surface area contributed by atoms with Gasteiger partial charge in [-0.25, -0.2) is 9.37 Å². The van der Waals surface area contributed by atoms with Crippen LogP contribution in [0.3, 0.4) is 0 Å². The van der Waals surface area contributed by atoms with Crippen LogP contribution in [-0.4, -0.2) is 32.0 Å². The Morgan fingerprint density at radius 3 is 2.89 bits per heavy atom. The standard InChI is InChI=1S/C19H22ClFN6O/c1-11-16(9-27(26-11)14-3-12(4-14)7-22)24-18-23-8-15(20)17(25-18)28-10-13-5-19(2,21)6-13/h8-9,12-14H,3-6,10H2,1-2H3,(H,23,24,25). The zero-order chi connectivity index (χ0) is 19.9. The van der Waals surface area contributed by atoms with Crippen molar-refractivity contribution in [1.29, 1.82) is 5.26 Å². The van der Waals surface area contributed by atoms with E-state index in [2.05, 4.69) is 26.5 Å². The second-order valence-corrected chi connectivity index (χ2v) is 8.44. The van der Waals surface area contributed by atoms with Crippen molar-refractivity contribution in [1.82, 2.24) is 19.7 Å². The first-order valence-electron chi connectivity index (χ1n) is 9.39. The summed E-state index contributed by atoms with van der Waals surface area (Å²) in [5.41, 5.74) is 0.528. The van der Waals surface area contributed by atoms with Crippen LogP contribution in [0.5, 0.6) is 5.88 Å². The van der Waals surface area contributed by atoms with Crippen LogP contribution < -0.4 is 10.1 Å². The number of alkyl halides is 1. The molecule has 0 spiro atoms. The largest absolute Gasteiger partial charge is 0.476 e. The second-order valence-electron chi connectivity index (χ2n) is 8.03. The quantitative estimate of drug-likeness (QED) is 0.768. The van der Waals surface area contributed by atoms with Gasteiger partial charge in [0.15, 0.2) is 0 Å². The normalized spacial score (nSPS) is 28.8. The number of nitrogens with one attached hydrogen (secondary N) is 1. The molecule has 2 heterocycles. The van der Waals surface area contributed by atoms with E-state index in [1.807, 2.05) is 17.8 Å². The Morgan fingerprint density at radius 1 is 1.46 bits per heavy atom. The fourth-order valence-electron chi connectivity index (χ4n) is 3.79. The predicted molar refractivity (Wildman–Crippen MR) is 102 cm³/mol. The van der Waals surface area contributed by atoms with Crippen LogP contribution in [0.2, 0.25) is 5.02 Å². The number of rotatable bonds is 6. The molecule has 2 aromatic heterocycles. The van der Waals surface area contributed by atoms with Gasteiger partial charge in [0.2, 0.25) is 11.8 Å². The van der Waals surface area contributed by atoms with Crippen molar-refractivity contribution in [3.05, 3.63) is 23.1 Å². The van der Waals surface area contributed by atoms with Gasteiger partial charge in [-0.15, -0.1) is 0 Å². The molecule has 0 amide bonds. The molecule has 9 heteroatoms. The minimum absolute atomic E-state index is 0.121. The summed E-state index contributed by atoms with van der Waals surface area (Å²) in [6.45, 7) is 3.89. The number of aryl methyl sites for hydroxylation is 1. The summed E-state index contributed by atoms with van der Waals surface area (Å²) in [5, 5.41) is 16.9. The monoisotopic (exact) mass is 404 g/mol. The SMILES string of the molecule is Cc1nn(C2CC(C#N)C2)cc1Nc1ncc(Cl)c(OCC2CC(C)(F)C2)n1. The molecule has 0 radical (unpaired) electrons. The zero-order valence-corrected chi connectivity index (χ0v) is 16.6. The first-order chi connectivity index (χ1) is 13.3. The zero-order valence-electron chi connectivity index (χ0n) is 15.8. The maximum atomic E-state index is 13.6. The Labute approximate surface area is 167 Å². The molecule has 148 valence electrons. The maximum absolute atomic E-state index is 13.6. The molecular formula is C19H22ClFN6O. The molecule has 2 aliphatic carbocycles. The molecule has 0 atom stereocenters. The molecule has 7 nitrogen and oxygen atoms in total. The van der Waals surface area contributed by atoms with Gasteiger partial charge in [-0.1, -0.05) is 11.6 Å². The number of anilines is 2. The van der Waals surface area contributed by atoms with Crippen molar-refractivity contribution in [3.63, 3.8) is 0 Å². The van der Waals surface area contributed by atoms with Crippen molar-refractivity contribution >= 4 is 23.2 Å². The molecule has 2 aliphatic rings. The van der Waals surface area contributed by atoms with Gasteiger partial charge in [0.05, 0.1) is 42.2 Å². The van der Waals surface area contributed by atoms with Crippen molar-refractivity contribution in [2.75, 3.05) is 11.9 Å². The summed E-state index contributed by atoms with van der Waals surface area (Å²) in [7, 11) is 0. The molecule has 0 bridgehead atoms. The second kappa shape index (κ2) is 7.21. The van der Waals surface area contributed by atoms with E-state index in [0.29, 0.717) is 30.4 Å².